The van der Waals surface area contributed by atoms with Gasteiger partial charge in [0.1, 0.15) is 4.75 Å². The number of carbonyl (C=O) groups excluding carboxylic acids is 2. The lowest BCUT2D eigenvalue weighted by Gasteiger charge is -2.38. The van der Waals surface area contributed by atoms with Gasteiger partial charge in [-0.3, -0.25) is 9.59 Å². The van der Waals surface area contributed by atoms with Crippen molar-refractivity contribution in [2.75, 3.05) is 20.1 Å². The maximum atomic E-state index is 14.7. The number of thioether (sulfide) groups is 1. The van der Waals surface area contributed by atoms with Crippen LogP contribution >= 0.6 is 39.3 Å². The van der Waals surface area contributed by atoms with Crippen LogP contribution in [0.25, 0.3) is 10.9 Å². The van der Waals surface area contributed by atoms with Crippen molar-refractivity contribution in [2.45, 2.75) is 54.5 Å². The third-order valence-electron chi connectivity index (χ3n) is 8.48. The molecule has 1 aromatic heterocycles. The highest BCUT2D eigenvalue weighted by Crippen LogP contribution is 2.54. The Morgan fingerprint density at radius 2 is 1.81 bits per heavy atom. The number of hydrogen-bond donors (Lipinski definition) is 2. The third kappa shape index (κ3) is 5.87. The first kappa shape index (κ1) is 29.3. The van der Waals surface area contributed by atoms with Crippen LogP contribution in [-0.2, 0) is 16.1 Å². The molecule has 2 N–H and O–H groups in total. The Bertz CT molecular complexity index is 1600. The summed E-state index contributed by atoms with van der Waals surface area (Å²) in [6.45, 7) is 4.32. The maximum absolute atomic E-state index is 14.7. The van der Waals surface area contributed by atoms with Gasteiger partial charge in [-0.2, -0.15) is 0 Å². The standard InChI is InChI=1S/C33H34BrClN4O2S/c1-21-3-10-26(11-4-21)42-33(32(41)37-25-13-15-38(2)16-14-25)18-30(40)39(20-22-5-7-23(34)8-6-22)31(33)28-19-36-29-17-24(35)9-12-27(28)29/h3-12,17,19,25,31,36H,13-16,18,20H2,1-2H3,(H,37,41)/t31-,33+/m1/s1. The first-order valence-corrected chi connectivity index (χ1v) is 16.3. The lowest BCUT2D eigenvalue weighted by Crippen LogP contribution is -2.53. The molecule has 2 saturated heterocycles. The van der Waals surface area contributed by atoms with Crippen molar-refractivity contribution in [2.24, 2.45) is 0 Å². The first-order valence-electron chi connectivity index (χ1n) is 14.3. The highest BCUT2D eigenvalue weighted by atomic mass is 79.9. The lowest BCUT2D eigenvalue weighted by molar-refractivity contribution is -0.129. The van der Waals surface area contributed by atoms with E-state index < -0.39 is 10.8 Å². The summed E-state index contributed by atoms with van der Waals surface area (Å²) in [5.41, 5.74) is 3.95. The van der Waals surface area contributed by atoms with Gasteiger partial charge in [-0.15, -0.1) is 11.8 Å². The van der Waals surface area contributed by atoms with Crippen molar-refractivity contribution >= 4 is 62.0 Å². The molecule has 3 heterocycles. The van der Waals surface area contributed by atoms with Gasteiger partial charge in [-0.1, -0.05) is 63.4 Å². The van der Waals surface area contributed by atoms with E-state index in [1.807, 2.05) is 53.6 Å². The number of carbonyl (C=O) groups is 2. The average molecular weight is 666 g/mol. The van der Waals surface area contributed by atoms with Gasteiger partial charge in [0.25, 0.3) is 0 Å². The minimum Gasteiger partial charge on any atom is -0.361 e. The Morgan fingerprint density at radius 3 is 2.52 bits per heavy atom. The summed E-state index contributed by atoms with van der Waals surface area (Å²) in [5.74, 6) is -0.119. The van der Waals surface area contributed by atoms with E-state index in [1.165, 1.54) is 11.8 Å². The summed E-state index contributed by atoms with van der Waals surface area (Å²) >= 11 is 11.4. The zero-order valence-corrected chi connectivity index (χ0v) is 26.9. The number of aryl methyl sites for hydroxylation is 1. The number of benzene rings is 3. The molecule has 3 aromatic carbocycles. The monoisotopic (exact) mass is 664 g/mol. The second-order valence-electron chi connectivity index (χ2n) is 11.5. The lowest BCUT2D eigenvalue weighted by atomic mass is 9.90. The number of piperidine rings is 1. The predicted octanol–water partition coefficient (Wildman–Crippen LogP) is 7.11. The molecule has 9 heteroatoms. The van der Waals surface area contributed by atoms with Gasteiger partial charge in [0, 0.05) is 49.6 Å². The summed E-state index contributed by atoms with van der Waals surface area (Å²) in [7, 11) is 2.11. The van der Waals surface area contributed by atoms with Crippen molar-refractivity contribution in [1.82, 2.24) is 20.1 Å². The number of hydrogen-bond acceptors (Lipinski definition) is 4. The van der Waals surface area contributed by atoms with E-state index in [0.717, 1.165) is 62.9 Å². The highest BCUT2D eigenvalue weighted by molar-refractivity contribution is 9.10. The quantitative estimate of drug-likeness (QED) is 0.221. The van der Waals surface area contributed by atoms with Gasteiger partial charge in [-0.25, -0.2) is 0 Å². The number of nitrogens with one attached hydrogen (secondary N) is 2. The van der Waals surface area contributed by atoms with Gasteiger partial charge in [0.05, 0.1) is 12.5 Å². The topological polar surface area (TPSA) is 68.4 Å². The minimum atomic E-state index is -1.08. The highest BCUT2D eigenvalue weighted by Gasteiger charge is 2.58. The predicted molar refractivity (Wildman–Crippen MR) is 174 cm³/mol. The van der Waals surface area contributed by atoms with Gasteiger partial charge < -0.3 is 20.1 Å². The van der Waals surface area contributed by atoms with Crippen LogP contribution in [0.3, 0.4) is 0 Å². The van der Waals surface area contributed by atoms with Crippen molar-refractivity contribution < 1.29 is 9.59 Å². The molecule has 2 atom stereocenters. The molecular formula is C33H34BrClN4O2S. The van der Waals surface area contributed by atoms with Crippen LogP contribution in [-0.4, -0.2) is 57.5 Å². The van der Waals surface area contributed by atoms with Gasteiger partial charge >= 0.3 is 0 Å². The van der Waals surface area contributed by atoms with Crippen LogP contribution in [0.5, 0.6) is 0 Å². The van der Waals surface area contributed by atoms with E-state index >= 15 is 0 Å². The van der Waals surface area contributed by atoms with Crippen LogP contribution in [0.15, 0.2) is 82.3 Å². The van der Waals surface area contributed by atoms with Gasteiger partial charge in [-0.05, 0) is 81.9 Å². The SMILES string of the molecule is Cc1ccc(S[C@@]2(C(=O)NC3CCN(C)CC3)CC(=O)N(Cc3ccc(Br)cc3)[C@@H]2c2c[nH]c3cc(Cl)ccc23)cc1. The summed E-state index contributed by atoms with van der Waals surface area (Å²) in [6.07, 6.45) is 3.83. The summed E-state index contributed by atoms with van der Waals surface area (Å²) in [4.78, 5) is 37.4. The molecule has 4 aromatic rings. The molecule has 218 valence electrons. The number of fused-ring (bicyclic) bond motifs is 1. The molecular weight excluding hydrogens is 632 g/mol. The number of aromatic nitrogens is 1. The Balaban J connectivity index is 1.48. The van der Waals surface area contributed by atoms with Crippen LogP contribution in [0.4, 0.5) is 0 Å². The Morgan fingerprint density at radius 1 is 1.10 bits per heavy atom. The van der Waals surface area contributed by atoms with Crippen molar-refractivity contribution in [3.8, 4) is 0 Å². The van der Waals surface area contributed by atoms with E-state index in [2.05, 4.69) is 69.4 Å². The Kier molecular flexibility index (Phi) is 8.42. The fraction of sp³-hybridized carbons (Fsp3) is 0.333. The molecule has 6 nitrogen and oxygen atoms in total. The molecule has 0 unspecified atom stereocenters. The number of H-pyrrole nitrogens is 1. The first-order chi connectivity index (χ1) is 20.2. The molecule has 6 rings (SSSR count). The van der Waals surface area contributed by atoms with E-state index in [-0.39, 0.29) is 24.3 Å². The Labute approximate surface area is 264 Å². The van der Waals surface area contributed by atoms with E-state index in [4.69, 9.17) is 11.6 Å². The fourth-order valence-corrected chi connectivity index (χ4v) is 8.01. The van der Waals surface area contributed by atoms with E-state index in [9.17, 15) is 9.59 Å². The van der Waals surface area contributed by atoms with E-state index in [0.29, 0.717) is 11.6 Å². The smallest absolute Gasteiger partial charge is 0.239 e. The normalized spacial score (nSPS) is 21.8. The van der Waals surface area contributed by atoms with Crippen LogP contribution in [0.1, 0.15) is 42.0 Å². The molecule has 2 amide bonds. The molecule has 2 fully saturated rings. The largest absolute Gasteiger partial charge is 0.361 e. The second kappa shape index (κ2) is 12.1. The van der Waals surface area contributed by atoms with Crippen LogP contribution < -0.4 is 5.32 Å². The van der Waals surface area contributed by atoms with Gasteiger partial charge in [0.15, 0.2) is 0 Å². The molecule has 0 spiro atoms. The number of likely N-dealkylation sites (tertiary alicyclic amines) is 2. The maximum Gasteiger partial charge on any atom is 0.239 e. The molecule has 0 radical (unpaired) electrons. The molecule has 2 aliphatic heterocycles. The second-order valence-corrected chi connectivity index (χ2v) is 14.3. The van der Waals surface area contributed by atoms with E-state index in [1.54, 1.807) is 0 Å². The number of amides is 2. The Hall–Kier alpha value is -2.78. The van der Waals surface area contributed by atoms with Crippen LogP contribution in [0, 0.1) is 6.92 Å². The van der Waals surface area contributed by atoms with Crippen LogP contribution in [0.2, 0.25) is 5.02 Å². The third-order valence-corrected chi connectivity index (χ3v) is 10.7. The average Bonchev–Trinajstić information content (AvgIpc) is 3.50. The van der Waals surface area contributed by atoms with Gasteiger partial charge in [0.2, 0.25) is 11.8 Å². The number of halogens is 2. The molecule has 2 aliphatic rings. The number of nitrogens with zero attached hydrogens (tertiary/aromatic N) is 2. The van der Waals surface area contributed by atoms with Crippen molar-refractivity contribution in [3.05, 3.63) is 99.1 Å². The number of rotatable bonds is 7. The zero-order chi connectivity index (χ0) is 29.4. The summed E-state index contributed by atoms with van der Waals surface area (Å²) < 4.78 is -0.106. The number of aromatic amines is 1. The van der Waals surface area contributed by atoms with Crippen molar-refractivity contribution in [1.29, 1.82) is 0 Å². The molecule has 0 aliphatic carbocycles. The molecule has 0 bridgehead atoms. The minimum absolute atomic E-state index is 0.0376. The zero-order valence-electron chi connectivity index (χ0n) is 23.7. The summed E-state index contributed by atoms with van der Waals surface area (Å²) in [6, 6.07) is 21.5. The van der Waals surface area contributed by atoms with Crippen molar-refractivity contribution in [3.63, 3.8) is 0 Å². The summed E-state index contributed by atoms with van der Waals surface area (Å²) in [5, 5.41) is 5.00. The molecule has 0 saturated carbocycles. The fourth-order valence-electron chi connectivity index (χ4n) is 6.17. The molecule has 42 heavy (non-hydrogen) atoms.